The Bertz CT molecular complexity index is 454. The normalized spacial score (nSPS) is 11.4. The lowest BCUT2D eigenvalue weighted by Crippen LogP contribution is -2.26. The van der Waals surface area contributed by atoms with Gasteiger partial charge in [-0.25, -0.2) is 9.18 Å². The van der Waals surface area contributed by atoms with Crippen LogP contribution in [0.5, 0.6) is 5.75 Å². The van der Waals surface area contributed by atoms with Gasteiger partial charge in [-0.1, -0.05) is 0 Å². The minimum atomic E-state index is -0.860. The summed E-state index contributed by atoms with van der Waals surface area (Å²) in [5.41, 5.74) is 0.0115. The predicted octanol–water partition coefficient (Wildman–Crippen LogP) is 1.83. The Morgan fingerprint density at radius 1 is 1.71 bits per heavy atom. The second kappa shape index (κ2) is 5.85. The Balaban J connectivity index is 2.82. The first-order chi connectivity index (χ1) is 8.08. The van der Waals surface area contributed by atoms with Crippen molar-refractivity contribution in [2.45, 2.75) is 20.0 Å². The summed E-state index contributed by atoms with van der Waals surface area (Å²) in [4.78, 5) is 11.3. The molecule has 89 valence electrons. The van der Waals surface area contributed by atoms with Crippen LogP contribution in [0.25, 0.3) is 0 Å². The zero-order valence-corrected chi connectivity index (χ0v) is 9.49. The number of nitrogens with zero attached hydrogens (tertiary/aromatic N) is 1. The van der Waals surface area contributed by atoms with Gasteiger partial charge in [-0.15, -0.1) is 0 Å². The van der Waals surface area contributed by atoms with Crippen molar-refractivity contribution in [3.05, 3.63) is 29.6 Å². The molecule has 1 atom stereocenters. The molecule has 0 aliphatic heterocycles. The monoisotopic (exact) mass is 236 g/mol. The number of benzene rings is 1. The van der Waals surface area contributed by atoms with E-state index in [4.69, 9.17) is 14.7 Å². The fraction of sp³-hybridized carbons (Fsp3) is 0.333. The van der Waals surface area contributed by atoms with Crippen molar-refractivity contribution in [3.8, 4) is 11.8 Å². The highest BCUT2D eigenvalue weighted by atomic mass is 19.1. The molecule has 1 aromatic carbocycles. The van der Waals surface area contributed by atoms with Crippen molar-refractivity contribution < 1.29 is 18.7 Å². The highest BCUT2D eigenvalue weighted by Gasteiger charge is 2.17. The predicted molar refractivity (Wildman–Crippen MR) is 56.7 cm³/mol. The lowest BCUT2D eigenvalue weighted by atomic mass is 10.2. The van der Waals surface area contributed by atoms with Crippen molar-refractivity contribution in [1.82, 2.24) is 0 Å². The molecule has 5 heteroatoms. The smallest absolute Gasteiger partial charge is 0.347 e. The fourth-order valence-electron chi connectivity index (χ4n) is 1.13. The number of esters is 1. The van der Waals surface area contributed by atoms with Gasteiger partial charge in [0, 0.05) is 6.07 Å². The first-order valence-corrected chi connectivity index (χ1v) is 5.03. The molecule has 0 aromatic heterocycles. The quantitative estimate of drug-likeness (QED) is 0.748. The number of ether oxygens (including phenoxy) is 2. The summed E-state index contributed by atoms with van der Waals surface area (Å²) in [6.45, 7) is 3.41. The summed E-state index contributed by atoms with van der Waals surface area (Å²) < 4.78 is 22.7. The summed E-state index contributed by atoms with van der Waals surface area (Å²) in [6, 6.07) is 6.21. The Kier molecular flexibility index (Phi) is 4.46. The maximum absolute atomic E-state index is 12.8. The number of rotatable bonds is 4. The van der Waals surface area contributed by atoms with E-state index < -0.39 is 17.9 Å². The Morgan fingerprint density at radius 3 is 3.00 bits per heavy atom. The molecule has 1 rings (SSSR count). The summed E-state index contributed by atoms with van der Waals surface area (Å²) in [6.07, 6.45) is -0.860. The van der Waals surface area contributed by atoms with Crippen LogP contribution in [0.3, 0.4) is 0 Å². The van der Waals surface area contributed by atoms with E-state index in [1.54, 1.807) is 13.0 Å². The van der Waals surface area contributed by atoms with Crippen molar-refractivity contribution in [3.63, 3.8) is 0 Å². The second-order valence-electron chi connectivity index (χ2n) is 3.18. The molecule has 0 aliphatic rings. The maximum Gasteiger partial charge on any atom is 0.347 e. The average molecular weight is 236 g/mol. The third-order valence-electron chi connectivity index (χ3n) is 1.92. The van der Waals surface area contributed by atoms with E-state index in [9.17, 15) is 9.18 Å². The average Bonchev–Trinajstić information content (AvgIpc) is 2.31. The lowest BCUT2D eigenvalue weighted by Gasteiger charge is -2.13. The Hall–Kier alpha value is -2.09. The fourth-order valence-corrected chi connectivity index (χ4v) is 1.13. The first-order valence-electron chi connectivity index (χ1n) is 5.03. The van der Waals surface area contributed by atoms with Gasteiger partial charge in [-0.05, 0) is 26.0 Å². The van der Waals surface area contributed by atoms with Crippen LogP contribution >= 0.6 is 0 Å². The minimum Gasteiger partial charge on any atom is -0.478 e. The van der Waals surface area contributed by atoms with Gasteiger partial charge < -0.3 is 9.47 Å². The summed E-state index contributed by atoms with van der Waals surface area (Å²) in [7, 11) is 0. The Labute approximate surface area is 98.6 Å². The van der Waals surface area contributed by atoms with E-state index in [-0.39, 0.29) is 17.9 Å². The summed E-state index contributed by atoms with van der Waals surface area (Å²) in [5.74, 6) is -1.09. The molecule has 1 unspecified atom stereocenters. The first kappa shape index (κ1) is 13.0. The zero-order valence-electron chi connectivity index (χ0n) is 9.49. The molecule has 0 saturated heterocycles. The van der Waals surface area contributed by atoms with Crippen LogP contribution in [0.15, 0.2) is 12.1 Å². The van der Waals surface area contributed by atoms with E-state index in [1.165, 1.54) is 13.0 Å². The molecule has 0 fully saturated rings. The van der Waals surface area contributed by atoms with Gasteiger partial charge in [0.05, 0.1) is 12.2 Å². The molecule has 0 amide bonds. The van der Waals surface area contributed by atoms with Gasteiger partial charge in [-0.3, -0.25) is 0 Å². The number of carbonyl (C=O) groups excluding carboxylic acids is 1. The number of nitriles is 1. The second-order valence-corrected chi connectivity index (χ2v) is 3.18. The molecule has 0 aliphatic carbocycles. The molecule has 0 spiro atoms. The van der Waals surface area contributed by atoms with Gasteiger partial charge >= 0.3 is 5.97 Å². The van der Waals surface area contributed by atoms with Gasteiger partial charge in [0.25, 0.3) is 0 Å². The standard InChI is InChI=1S/C12H11FNO3/c1-3-16-12(15)8(2)17-11-5-4-10(13)6-9(11)7-14/h5-6,8H,3H2,1-2H3. The molecule has 0 heterocycles. The molecular weight excluding hydrogens is 225 g/mol. The number of halogens is 1. The molecule has 1 aromatic rings. The highest BCUT2D eigenvalue weighted by molar-refractivity contribution is 5.74. The lowest BCUT2D eigenvalue weighted by molar-refractivity contribution is -0.150. The van der Waals surface area contributed by atoms with Gasteiger partial charge in [0.15, 0.2) is 6.10 Å². The topological polar surface area (TPSA) is 59.3 Å². The largest absolute Gasteiger partial charge is 0.478 e. The molecule has 17 heavy (non-hydrogen) atoms. The van der Waals surface area contributed by atoms with Crippen LogP contribution < -0.4 is 4.74 Å². The van der Waals surface area contributed by atoms with E-state index >= 15 is 0 Å². The van der Waals surface area contributed by atoms with Crippen LogP contribution in [-0.2, 0) is 9.53 Å². The minimum absolute atomic E-state index is 0.0115. The molecule has 1 radical (unpaired) electrons. The summed E-state index contributed by atoms with van der Waals surface area (Å²) in [5, 5.41) is 8.77. The van der Waals surface area contributed by atoms with Crippen molar-refractivity contribution in [2.24, 2.45) is 0 Å². The maximum atomic E-state index is 12.8. The SMILES string of the molecule is CCOC(=O)C(C)Oc1c[c]c(F)cc1C#N. The molecule has 0 N–H and O–H groups in total. The third-order valence-corrected chi connectivity index (χ3v) is 1.92. The summed E-state index contributed by atoms with van der Waals surface area (Å²) >= 11 is 0. The van der Waals surface area contributed by atoms with Gasteiger partial charge in [0.1, 0.15) is 17.6 Å². The van der Waals surface area contributed by atoms with Crippen LogP contribution in [0.2, 0.25) is 0 Å². The Morgan fingerprint density at radius 2 is 2.41 bits per heavy atom. The molecule has 0 saturated carbocycles. The van der Waals surface area contributed by atoms with Crippen molar-refractivity contribution in [2.75, 3.05) is 6.61 Å². The highest BCUT2D eigenvalue weighted by Crippen LogP contribution is 2.19. The number of carbonyl (C=O) groups is 1. The van der Waals surface area contributed by atoms with Crippen molar-refractivity contribution >= 4 is 5.97 Å². The number of hydrogen-bond donors (Lipinski definition) is 0. The zero-order chi connectivity index (χ0) is 12.8. The van der Waals surface area contributed by atoms with E-state index in [0.717, 1.165) is 6.07 Å². The van der Waals surface area contributed by atoms with Gasteiger partial charge in [-0.2, -0.15) is 5.26 Å². The van der Waals surface area contributed by atoms with E-state index in [0.29, 0.717) is 0 Å². The molecule has 0 bridgehead atoms. The van der Waals surface area contributed by atoms with Crippen LogP contribution in [-0.4, -0.2) is 18.7 Å². The molecular formula is C12H11FNO3. The van der Waals surface area contributed by atoms with Crippen LogP contribution in [0.1, 0.15) is 19.4 Å². The van der Waals surface area contributed by atoms with Crippen LogP contribution in [0.4, 0.5) is 4.39 Å². The molecule has 4 nitrogen and oxygen atoms in total. The third kappa shape index (κ3) is 3.45. The van der Waals surface area contributed by atoms with Crippen LogP contribution in [0, 0.1) is 23.2 Å². The van der Waals surface area contributed by atoms with E-state index in [1.807, 2.05) is 0 Å². The van der Waals surface area contributed by atoms with E-state index in [2.05, 4.69) is 6.07 Å². The van der Waals surface area contributed by atoms with Gasteiger partial charge in [0.2, 0.25) is 0 Å². The van der Waals surface area contributed by atoms with Crippen molar-refractivity contribution in [1.29, 1.82) is 5.26 Å². The number of hydrogen-bond acceptors (Lipinski definition) is 4.